The molecule has 0 aliphatic rings. The number of benzene rings is 2. The van der Waals surface area contributed by atoms with E-state index in [0.29, 0.717) is 10.7 Å². The van der Waals surface area contributed by atoms with E-state index < -0.39 is 97.3 Å². The van der Waals surface area contributed by atoms with Crippen LogP contribution in [0.3, 0.4) is 0 Å². The zero-order valence-electron chi connectivity index (χ0n) is 34.3. The second kappa shape index (κ2) is 37.5. The Hall–Kier alpha value is 0.740. The van der Waals surface area contributed by atoms with E-state index in [1.807, 2.05) is 90.4 Å². The maximum absolute atomic E-state index is 13.0. The van der Waals surface area contributed by atoms with Crippen LogP contribution < -0.4 is 16.4 Å². The van der Waals surface area contributed by atoms with E-state index in [9.17, 15) is 49.2 Å². The number of carbonyl (C=O) groups excluding carboxylic acids is 6. The predicted octanol–water partition coefficient (Wildman–Crippen LogP) is 5.13. The Labute approximate surface area is 500 Å². The van der Waals surface area contributed by atoms with Crippen molar-refractivity contribution < 1.29 is 78.4 Å². The molecule has 0 unspecified atom stereocenters. The Balaban J connectivity index is -0.00000108. The van der Waals surface area contributed by atoms with Crippen molar-refractivity contribution in [2.75, 3.05) is 39.6 Å². The third-order valence-electron chi connectivity index (χ3n) is 7.19. The van der Waals surface area contributed by atoms with Crippen molar-refractivity contribution >= 4 is 242 Å². The summed E-state index contributed by atoms with van der Waals surface area (Å²) >= 11 is 26.3. The van der Waals surface area contributed by atoms with Crippen molar-refractivity contribution in [2.24, 2.45) is 5.73 Å². The highest BCUT2D eigenvalue weighted by molar-refractivity contribution is 15.0. The zero-order valence-corrected chi connectivity index (χ0v) is 53.0. The predicted molar refractivity (Wildman–Crippen MR) is 316 cm³/mol. The van der Waals surface area contributed by atoms with Crippen LogP contribution in [0.1, 0.15) is 87.7 Å². The molecule has 2 atom stereocenters. The minimum absolute atomic E-state index is 0. The summed E-state index contributed by atoms with van der Waals surface area (Å²) in [6.07, 6.45) is -2.15. The maximum Gasteiger partial charge on any atom is 0.305 e. The van der Waals surface area contributed by atoms with Gasteiger partial charge in [0.2, 0.25) is 24.4 Å². The van der Waals surface area contributed by atoms with Gasteiger partial charge in [-0.3, -0.25) is 39.6 Å². The molecule has 0 aromatic heterocycles. The van der Waals surface area contributed by atoms with Gasteiger partial charge < -0.3 is 66.0 Å². The number of nitrogens with two attached hydrogens (primary N) is 1. The molecule has 2 amide bonds. The van der Waals surface area contributed by atoms with Crippen LogP contribution in [0.2, 0.25) is 0 Å². The van der Waals surface area contributed by atoms with Crippen LogP contribution in [0.15, 0.2) is 0 Å². The highest BCUT2D eigenvalue weighted by Crippen LogP contribution is 2.35. The topological polar surface area (TPSA) is 358 Å². The zero-order chi connectivity index (χ0) is 51.9. The Morgan fingerprint density at radius 2 is 0.761 bits per heavy atom. The second-order valence-electron chi connectivity index (χ2n) is 12.1. The monoisotopic (exact) mass is 1890 g/mol. The highest BCUT2D eigenvalue weighted by atomic mass is 128. The number of esters is 2. The number of nitrogens with one attached hydrogen (secondary N) is 4. The van der Waals surface area contributed by atoms with Crippen molar-refractivity contribution in [3.05, 3.63) is 54.8 Å². The normalized spacial score (nSPS) is 11.2. The molecule has 0 saturated heterocycles. The number of halogens is 10. The Bertz CT molecular complexity index is 1970. The van der Waals surface area contributed by atoms with Crippen LogP contribution in [0, 0.1) is 32.2 Å². The molecule has 0 radical (unpaired) electrons. The van der Waals surface area contributed by atoms with Crippen molar-refractivity contribution in [3.8, 4) is 0 Å². The number of aliphatic hydroxyl groups excluding tert-OH is 6. The summed E-state index contributed by atoms with van der Waals surface area (Å²) in [6, 6.07) is -2.39. The lowest BCUT2D eigenvalue weighted by atomic mass is 10.0. The summed E-state index contributed by atoms with van der Waals surface area (Å²) in [5, 5.41) is 73.2. The largest absolute Gasteiger partial charge is 0.438 e. The Kier molecular flexibility index (Phi) is 40.3. The van der Waals surface area contributed by atoms with Crippen LogP contribution in [0.4, 0.5) is 0 Å². The molecule has 0 fully saturated rings. The third kappa shape index (κ3) is 23.7. The first-order chi connectivity index (χ1) is 30.7. The average molecular weight is 1890 g/mol. The first-order valence-electron chi connectivity index (χ1n) is 17.6. The van der Waals surface area contributed by atoms with Crippen LogP contribution in [-0.4, -0.2) is 147 Å². The molecular weight excluding hydrogens is 1840 g/mol. The molecule has 12 N–H and O–H groups in total. The van der Waals surface area contributed by atoms with Gasteiger partial charge in [0.15, 0.2) is 0 Å². The fraction of sp³-hybridized carbons (Fsp3) is 0.444. The molecule has 2 rings (SSSR count). The van der Waals surface area contributed by atoms with Gasteiger partial charge >= 0.3 is 11.9 Å². The summed E-state index contributed by atoms with van der Waals surface area (Å²) in [6.45, 7) is 2.78. The van der Waals surface area contributed by atoms with Gasteiger partial charge in [0.25, 0.3) is 22.3 Å². The quantitative estimate of drug-likeness (QED) is 0.0230. The third-order valence-corrected chi connectivity index (χ3v) is 14.0. The number of hydrogen-bond donors (Lipinski definition) is 11. The standard InChI is InChI=1S/C19H24I3N3O9.C13H8Cl2I3NO5.C3H9NO2.CH4.I2/c1-7(30)33-8(2)34-17(23)11-14(20)12(18(31)24-9(3-26)4-27)16(22)13(15(11)21)19(32)25-10(5-28)6-29;1-3(20)23-4(2)24-13(19)7-9(17)5(11(14)21)8(16)6(10(7)18)12(15)22;4-3(1-5)2-6;;1-2/h8-10,23,26-29H,3-6H2,1-2H3,(H,24,31)(H,25,32);4,19H,1-2H3;3,5-6H,1-2,4H2;1H4;/t8-;4-;;;/m11.../s1. The van der Waals surface area contributed by atoms with Gasteiger partial charge in [-0.25, -0.2) is 0 Å². The van der Waals surface area contributed by atoms with E-state index in [4.69, 9.17) is 68.9 Å². The molecule has 380 valence electrons. The first-order valence-corrected chi connectivity index (χ1v) is 31.1. The number of hydrogen-bond acceptors (Lipinski definition) is 19. The van der Waals surface area contributed by atoms with E-state index in [2.05, 4.69) is 47.9 Å². The number of aliphatic hydroxyl groups is 6. The van der Waals surface area contributed by atoms with Crippen molar-refractivity contribution in [2.45, 2.75) is 65.8 Å². The lowest BCUT2D eigenvalue weighted by Gasteiger charge is -2.23. The SMILES string of the molecule is C.CC(=O)O[C@@H](C)OC(=N)c1c(I)c(C(=O)Cl)c(I)c(C(=O)Cl)c1I.CC(=O)O[C@@H](C)OC(=N)c1c(I)c(C(=O)NC(CO)CO)c(I)c(C(=O)NC(CO)CO)c1I.II.NC(CO)CO. The lowest BCUT2D eigenvalue weighted by Crippen LogP contribution is -2.43. The van der Waals surface area contributed by atoms with Crippen LogP contribution >= 0.6 is 196 Å². The van der Waals surface area contributed by atoms with E-state index >= 15 is 0 Å². The fourth-order valence-corrected chi connectivity index (χ4v) is 14.6. The van der Waals surface area contributed by atoms with Gasteiger partial charge in [0, 0.05) is 86.3 Å². The number of carbonyl (C=O) groups is 6. The molecule has 67 heavy (non-hydrogen) atoms. The molecule has 0 aliphatic heterocycles. The molecule has 2 aromatic carbocycles. The van der Waals surface area contributed by atoms with Crippen LogP contribution in [0.25, 0.3) is 0 Å². The summed E-state index contributed by atoms with van der Waals surface area (Å²) in [5.41, 5.74) is 5.28. The maximum atomic E-state index is 13.0. The van der Waals surface area contributed by atoms with E-state index in [1.54, 1.807) is 45.2 Å². The van der Waals surface area contributed by atoms with Gasteiger partial charge in [-0.2, -0.15) is 0 Å². The smallest absolute Gasteiger partial charge is 0.305 e. The summed E-state index contributed by atoms with van der Waals surface area (Å²) in [5.74, 6) is -3.53. The fourth-order valence-electron chi connectivity index (χ4n) is 4.31. The minimum Gasteiger partial charge on any atom is -0.438 e. The van der Waals surface area contributed by atoms with Crippen molar-refractivity contribution in [1.29, 1.82) is 10.8 Å². The number of amides is 2. The molecule has 31 heteroatoms. The number of ether oxygens (including phenoxy) is 4. The molecular formula is C36H45Cl2I8N5O16. The second-order valence-corrected chi connectivity index (χ2v) is 19.3. The molecule has 21 nitrogen and oxygen atoms in total. The average Bonchev–Trinajstić information content (AvgIpc) is 3.21. The minimum atomic E-state index is -1.13. The summed E-state index contributed by atoms with van der Waals surface area (Å²) < 4.78 is 21.9. The summed E-state index contributed by atoms with van der Waals surface area (Å²) in [4.78, 5) is 71.7. The molecule has 0 saturated carbocycles. The van der Waals surface area contributed by atoms with E-state index in [-0.39, 0.29) is 70.6 Å². The highest BCUT2D eigenvalue weighted by Gasteiger charge is 2.33. The van der Waals surface area contributed by atoms with Gasteiger partial charge in [-0.05, 0) is 159 Å². The van der Waals surface area contributed by atoms with E-state index in [1.165, 1.54) is 27.7 Å². The number of rotatable bonds is 18. The van der Waals surface area contributed by atoms with Gasteiger partial charge in [-0.1, -0.05) is 7.43 Å². The van der Waals surface area contributed by atoms with Crippen LogP contribution in [-0.2, 0) is 28.5 Å². The molecule has 0 heterocycles. The summed E-state index contributed by atoms with van der Waals surface area (Å²) in [7, 11) is 0. The lowest BCUT2D eigenvalue weighted by molar-refractivity contribution is -0.161. The molecule has 0 spiro atoms. The van der Waals surface area contributed by atoms with Gasteiger partial charge in [0.05, 0.1) is 91.1 Å². The van der Waals surface area contributed by atoms with Gasteiger partial charge in [-0.15, -0.1) is 0 Å². The Morgan fingerprint density at radius 3 is 0.970 bits per heavy atom. The van der Waals surface area contributed by atoms with Crippen molar-refractivity contribution in [1.82, 2.24) is 10.6 Å². The molecule has 0 bridgehead atoms. The van der Waals surface area contributed by atoms with Gasteiger partial charge in [0.1, 0.15) is 0 Å². The van der Waals surface area contributed by atoms with E-state index in [0.717, 1.165) is 0 Å². The first kappa shape index (κ1) is 72.0. The molecule has 2 aromatic rings. The molecule has 0 aliphatic carbocycles. The van der Waals surface area contributed by atoms with Crippen LogP contribution in [0.5, 0.6) is 0 Å². The van der Waals surface area contributed by atoms with Crippen molar-refractivity contribution in [3.63, 3.8) is 0 Å². The Morgan fingerprint density at radius 1 is 0.522 bits per heavy atom.